The van der Waals surface area contributed by atoms with E-state index in [9.17, 15) is 19.2 Å². The van der Waals surface area contributed by atoms with Crippen LogP contribution in [0.25, 0.3) is 6.08 Å². The molecule has 2 N–H and O–H groups in total. The lowest BCUT2D eigenvalue weighted by Gasteiger charge is -2.37. The van der Waals surface area contributed by atoms with E-state index in [1.54, 1.807) is 6.08 Å². The van der Waals surface area contributed by atoms with Crippen LogP contribution >= 0.6 is 15.9 Å². The second-order valence-electron chi connectivity index (χ2n) is 9.35. The molecule has 2 aliphatic rings. The van der Waals surface area contributed by atoms with Gasteiger partial charge in [0.1, 0.15) is 5.82 Å². The van der Waals surface area contributed by atoms with E-state index in [0.29, 0.717) is 5.56 Å². The first-order valence-electron chi connectivity index (χ1n) is 10.3. The number of hydrogen-bond acceptors (Lipinski definition) is 4. The lowest BCUT2D eigenvalue weighted by Crippen LogP contribution is -2.49. The van der Waals surface area contributed by atoms with Crippen LogP contribution in [0.1, 0.15) is 37.8 Å². The van der Waals surface area contributed by atoms with Gasteiger partial charge in [0.05, 0.1) is 18.2 Å². The maximum Gasteiger partial charge on any atom is 0.241 e. The first-order chi connectivity index (χ1) is 15.0. The molecule has 1 saturated heterocycles. The van der Waals surface area contributed by atoms with Crippen molar-refractivity contribution in [3.05, 3.63) is 70.0 Å². The van der Waals surface area contributed by atoms with E-state index in [0.717, 1.165) is 15.7 Å². The predicted molar refractivity (Wildman–Crippen MR) is 124 cm³/mol. The van der Waals surface area contributed by atoms with Crippen molar-refractivity contribution in [2.24, 2.45) is 16.6 Å². The molecule has 0 aliphatic carbocycles. The zero-order valence-corrected chi connectivity index (χ0v) is 19.6. The number of halogens is 2. The molecule has 1 amide bonds. The van der Waals surface area contributed by atoms with Crippen LogP contribution in [-0.2, 0) is 9.59 Å². The van der Waals surface area contributed by atoms with Crippen molar-refractivity contribution in [1.29, 1.82) is 5.26 Å². The number of carbonyl (C=O) groups excluding carboxylic acids is 2. The molecule has 4 rings (SSSR count). The third kappa shape index (κ3) is 3.17. The highest BCUT2D eigenvalue weighted by Gasteiger charge is 2.66. The van der Waals surface area contributed by atoms with E-state index in [2.05, 4.69) is 22.0 Å². The van der Waals surface area contributed by atoms with Crippen LogP contribution in [-0.4, -0.2) is 23.8 Å². The van der Waals surface area contributed by atoms with Crippen molar-refractivity contribution < 1.29 is 14.0 Å². The lowest BCUT2D eigenvalue weighted by molar-refractivity contribution is -0.128. The second kappa shape index (κ2) is 7.56. The largest absolute Gasteiger partial charge is 0.368 e. The minimum atomic E-state index is -1.72. The summed E-state index contributed by atoms with van der Waals surface area (Å²) >= 11 is 3.47. The average Bonchev–Trinajstić information content (AvgIpc) is 3.04. The summed E-state index contributed by atoms with van der Waals surface area (Å²) < 4.78 is 14.6. The summed E-state index contributed by atoms with van der Waals surface area (Å²) in [6, 6.07) is 11.9. The third-order valence-electron chi connectivity index (χ3n) is 6.43. The Morgan fingerprint density at radius 3 is 2.41 bits per heavy atom. The molecule has 32 heavy (non-hydrogen) atoms. The molecule has 0 spiro atoms. The van der Waals surface area contributed by atoms with Crippen molar-refractivity contribution in [2.75, 3.05) is 4.90 Å². The lowest BCUT2D eigenvalue weighted by atomic mass is 9.66. The summed E-state index contributed by atoms with van der Waals surface area (Å²) in [5.41, 5.74) is 5.56. The fraction of sp³-hybridized carbons (Fsp3) is 0.320. The van der Waals surface area contributed by atoms with Gasteiger partial charge in [-0.15, -0.1) is 0 Å². The highest BCUT2D eigenvalue weighted by atomic mass is 79.9. The predicted octanol–water partition coefficient (Wildman–Crippen LogP) is 4.57. The highest BCUT2D eigenvalue weighted by molar-refractivity contribution is 9.10. The van der Waals surface area contributed by atoms with E-state index in [1.165, 1.54) is 24.3 Å². The number of fused-ring (bicyclic) bond motifs is 3. The molecular weight excluding hydrogens is 473 g/mol. The van der Waals surface area contributed by atoms with E-state index in [1.807, 2.05) is 49.9 Å². The number of primary amides is 1. The van der Waals surface area contributed by atoms with Crippen molar-refractivity contribution >= 4 is 39.4 Å². The standard InChI is InChI=1S/C25H23BrFN3O2/c1-24(2,3)22(31)21-20(14-4-8-17(27)9-5-14)25(13-28,23(29)32)19-11-6-15-12-16(26)7-10-18(15)30(19)21/h4-12,19-21H,1-3H3,(H2,29,32)/t19-,20-,21-,25+/m1/s1. The van der Waals surface area contributed by atoms with Gasteiger partial charge >= 0.3 is 0 Å². The topological polar surface area (TPSA) is 87.2 Å². The molecule has 2 aromatic rings. The van der Waals surface area contributed by atoms with Crippen LogP contribution in [0.5, 0.6) is 0 Å². The molecule has 2 heterocycles. The number of carbonyl (C=O) groups is 2. The van der Waals surface area contributed by atoms with Gasteiger partial charge in [0, 0.05) is 21.5 Å². The third-order valence-corrected chi connectivity index (χ3v) is 6.92. The van der Waals surface area contributed by atoms with Crippen molar-refractivity contribution in [3.63, 3.8) is 0 Å². The van der Waals surface area contributed by atoms with Crippen LogP contribution in [0.3, 0.4) is 0 Å². The summed E-state index contributed by atoms with van der Waals surface area (Å²) in [6.07, 6.45) is 3.62. The number of amides is 1. The summed E-state index contributed by atoms with van der Waals surface area (Å²) in [4.78, 5) is 28.7. The van der Waals surface area contributed by atoms with Crippen molar-refractivity contribution in [3.8, 4) is 6.07 Å². The van der Waals surface area contributed by atoms with Crippen LogP contribution < -0.4 is 10.6 Å². The second-order valence-corrected chi connectivity index (χ2v) is 10.3. The van der Waals surface area contributed by atoms with Crippen LogP contribution in [0.15, 0.2) is 53.0 Å². The summed E-state index contributed by atoms with van der Waals surface area (Å²) in [7, 11) is 0. The maximum absolute atomic E-state index is 13.9. The first kappa shape index (κ1) is 22.2. The SMILES string of the molecule is CC(C)(C)C(=O)[C@H]1[C@@H](c2ccc(F)cc2)[C@@](C#N)(C(N)=O)[C@H]2C=Cc3cc(Br)ccc3N12. The Kier molecular flexibility index (Phi) is 5.25. The molecule has 0 saturated carbocycles. The minimum Gasteiger partial charge on any atom is -0.368 e. The van der Waals surface area contributed by atoms with Gasteiger partial charge in [-0.1, -0.05) is 61.0 Å². The number of hydrogen-bond donors (Lipinski definition) is 1. The van der Waals surface area contributed by atoms with Gasteiger partial charge in [0.2, 0.25) is 5.91 Å². The maximum atomic E-state index is 13.9. The number of rotatable bonds is 3. The summed E-state index contributed by atoms with van der Waals surface area (Å²) in [5, 5.41) is 10.4. The Morgan fingerprint density at radius 1 is 1.19 bits per heavy atom. The van der Waals surface area contributed by atoms with E-state index in [4.69, 9.17) is 5.73 Å². The molecule has 7 heteroatoms. The van der Waals surface area contributed by atoms with E-state index < -0.39 is 40.6 Å². The average molecular weight is 496 g/mol. The Morgan fingerprint density at radius 2 is 1.84 bits per heavy atom. The number of ketones is 1. The normalized spacial score (nSPS) is 26.2. The van der Waals surface area contributed by atoms with Crippen molar-refractivity contribution in [2.45, 2.75) is 38.8 Å². The Labute approximate surface area is 194 Å². The number of nitriles is 1. The van der Waals surface area contributed by atoms with Crippen LogP contribution in [0.2, 0.25) is 0 Å². The molecule has 164 valence electrons. The Balaban J connectivity index is 2.05. The van der Waals surface area contributed by atoms with Crippen LogP contribution in [0, 0.1) is 28.0 Å². The zero-order chi connectivity index (χ0) is 23.4. The van der Waals surface area contributed by atoms with Gasteiger partial charge in [0.25, 0.3) is 0 Å². The first-order valence-corrected chi connectivity index (χ1v) is 11.1. The van der Waals surface area contributed by atoms with E-state index >= 15 is 0 Å². The van der Waals surface area contributed by atoms with Gasteiger partial charge in [-0.25, -0.2) is 4.39 Å². The number of nitrogens with two attached hydrogens (primary N) is 1. The van der Waals surface area contributed by atoms with Crippen LogP contribution in [0.4, 0.5) is 10.1 Å². The zero-order valence-electron chi connectivity index (χ0n) is 18.0. The van der Waals surface area contributed by atoms with Gasteiger partial charge in [-0.3, -0.25) is 9.59 Å². The fourth-order valence-electron chi connectivity index (χ4n) is 4.95. The fourth-order valence-corrected chi connectivity index (χ4v) is 5.32. The molecule has 0 radical (unpaired) electrons. The van der Waals surface area contributed by atoms with Gasteiger partial charge < -0.3 is 10.6 Å². The number of nitrogens with zero attached hydrogens (tertiary/aromatic N) is 2. The van der Waals surface area contributed by atoms with Crippen molar-refractivity contribution in [1.82, 2.24) is 0 Å². The quantitative estimate of drug-likeness (QED) is 0.675. The Hall–Kier alpha value is -2.98. The number of anilines is 1. The molecule has 0 bridgehead atoms. The van der Waals surface area contributed by atoms with Gasteiger partial charge in [-0.2, -0.15) is 5.26 Å². The van der Waals surface area contributed by atoms with Gasteiger partial charge in [-0.05, 0) is 41.5 Å². The Bertz CT molecular complexity index is 1180. The molecule has 5 nitrogen and oxygen atoms in total. The molecule has 1 fully saturated rings. The minimum absolute atomic E-state index is 0.126. The van der Waals surface area contributed by atoms with E-state index in [-0.39, 0.29) is 5.78 Å². The summed E-state index contributed by atoms with van der Waals surface area (Å²) in [5.74, 6) is -2.25. The summed E-state index contributed by atoms with van der Waals surface area (Å²) in [6.45, 7) is 5.43. The number of benzene rings is 2. The number of Topliss-reactive ketones (excluding diaryl/α,β-unsaturated/α-hetero) is 1. The molecule has 0 aromatic heterocycles. The molecular formula is C25H23BrFN3O2. The molecule has 2 aliphatic heterocycles. The molecule has 2 aromatic carbocycles. The highest BCUT2D eigenvalue weighted by Crippen LogP contribution is 2.56. The molecule has 4 atom stereocenters. The van der Waals surface area contributed by atoms with Gasteiger partial charge in [0.15, 0.2) is 11.2 Å². The molecule has 0 unspecified atom stereocenters. The monoisotopic (exact) mass is 495 g/mol. The smallest absolute Gasteiger partial charge is 0.241 e.